The number of ether oxygens (including phenoxy) is 1. The van der Waals surface area contributed by atoms with Crippen molar-refractivity contribution in [3.05, 3.63) is 69.7 Å². The van der Waals surface area contributed by atoms with E-state index in [1.54, 1.807) is 19.9 Å². The minimum absolute atomic E-state index is 0.0105. The van der Waals surface area contributed by atoms with Gasteiger partial charge in [0.1, 0.15) is 17.2 Å². The van der Waals surface area contributed by atoms with Crippen molar-refractivity contribution >= 4 is 40.2 Å². The number of Topliss-reactive ketones (excluding diaryl/α,β-unsaturated/α-hetero) is 1. The summed E-state index contributed by atoms with van der Waals surface area (Å²) in [6, 6.07) is 9.74. The molecular formula is C24H23ClFNO5. The topological polar surface area (TPSA) is 76.8 Å². The van der Waals surface area contributed by atoms with Gasteiger partial charge in [0, 0.05) is 41.5 Å². The molecule has 0 aliphatic heterocycles. The summed E-state index contributed by atoms with van der Waals surface area (Å²) < 4.78 is 24.7. The first-order valence-corrected chi connectivity index (χ1v) is 10.4. The highest BCUT2D eigenvalue weighted by molar-refractivity contribution is 6.31. The van der Waals surface area contributed by atoms with E-state index in [9.17, 15) is 18.8 Å². The van der Waals surface area contributed by atoms with Crippen molar-refractivity contribution in [1.29, 1.82) is 0 Å². The molecule has 168 valence electrons. The fraction of sp³-hybridized carbons (Fsp3) is 0.292. The highest BCUT2D eigenvalue weighted by atomic mass is 35.5. The summed E-state index contributed by atoms with van der Waals surface area (Å²) in [5.74, 6) is -1.69. The van der Waals surface area contributed by atoms with Crippen molar-refractivity contribution < 1.29 is 27.9 Å². The Morgan fingerprint density at radius 3 is 2.62 bits per heavy atom. The predicted molar refractivity (Wildman–Crippen MR) is 118 cm³/mol. The average molecular weight is 460 g/mol. The van der Waals surface area contributed by atoms with Crippen LogP contribution in [-0.4, -0.2) is 36.2 Å². The van der Waals surface area contributed by atoms with Crippen LogP contribution >= 0.6 is 11.6 Å². The summed E-state index contributed by atoms with van der Waals surface area (Å²) in [5.41, 5.74) is 2.25. The lowest BCUT2D eigenvalue weighted by Gasteiger charge is -2.18. The molecule has 2 aromatic carbocycles. The molecule has 6 nitrogen and oxygen atoms in total. The molecule has 8 heteroatoms. The summed E-state index contributed by atoms with van der Waals surface area (Å²) in [5, 5.41) is 0.956. The standard InChI is InChI=1S/C24H23ClFNO5/c1-14(28)7-8-16-9-10-21-17(11-16)15(2)23(32-21)24(30)31-13-22(29)27(3)12-18-19(25)5-4-6-20(18)26/h4-6,9-11H,7-8,12-13H2,1-3H3. The molecule has 3 rings (SSSR count). The van der Waals surface area contributed by atoms with Gasteiger partial charge in [-0.05, 0) is 50.1 Å². The number of benzene rings is 2. The molecule has 0 unspecified atom stereocenters. The maximum atomic E-state index is 13.9. The average Bonchev–Trinajstić information content (AvgIpc) is 3.09. The van der Waals surface area contributed by atoms with Gasteiger partial charge in [0.15, 0.2) is 6.61 Å². The van der Waals surface area contributed by atoms with Gasteiger partial charge in [-0.2, -0.15) is 0 Å². The third kappa shape index (κ3) is 5.34. The van der Waals surface area contributed by atoms with Crippen molar-refractivity contribution in [2.45, 2.75) is 33.2 Å². The minimum Gasteiger partial charge on any atom is -0.450 e. The van der Waals surface area contributed by atoms with E-state index >= 15 is 0 Å². The summed E-state index contributed by atoms with van der Waals surface area (Å²) in [6.07, 6.45) is 1.04. The quantitative estimate of drug-likeness (QED) is 0.449. The van der Waals surface area contributed by atoms with E-state index in [0.29, 0.717) is 24.0 Å². The summed E-state index contributed by atoms with van der Waals surface area (Å²) >= 11 is 6.00. The summed E-state index contributed by atoms with van der Waals surface area (Å²) in [4.78, 5) is 37.3. The Bertz CT molecular complexity index is 1170. The number of amides is 1. The zero-order valence-electron chi connectivity index (χ0n) is 18.0. The van der Waals surface area contributed by atoms with Crippen LogP contribution in [0.2, 0.25) is 5.02 Å². The van der Waals surface area contributed by atoms with Gasteiger partial charge in [-0.15, -0.1) is 0 Å². The number of hydrogen-bond donors (Lipinski definition) is 0. The molecule has 0 bridgehead atoms. The number of likely N-dealkylation sites (N-methyl/N-ethyl adjacent to an activating group) is 1. The van der Waals surface area contributed by atoms with Gasteiger partial charge < -0.3 is 18.8 Å². The van der Waals surface area contributed by atoms with Gasteiger partial charge in [0.2, 0.25) is 5.76 Å². The Kier molecular flexibility index (Phi) is 7.30. The zero-order valence-corrected chi connectivity index (χ0v) is 18.8. The van der Waals surface area contributed by atoms with Gasteiger partial charge in [0.25, 0.3) is 5.91 Å². The number of furan rings is 1. The fourth-order valence-electron chi connectivity index (χ4n) is 3.25. The van der Waals surface area contributed by atoms with Crippen molar-refractivity contribution in [3.8, 4) is 0 Å². The van der Waals surface area contributed by atoms with Crippen LogP contribution in [0.4, 0.5) is 4.39 Å². The molecule has 0 fully saturated rings. The Balaban J connectivity index is 1.65. The molecule has 0 atom stereocenters. The normalized spacial score (nSPS) is 10.9. The van der Waals surface area contributed by atoms with Crippen LogP contribution in [0.15, 0.2) is 40.8 Å². The van der Waals surface area contributed by atoms with E-state index in [1.807, 2.05) is 12.1 Å². The number of ketones is 1. The van der Waals surface area contributed by atoms with Crippen molar-refractivity contribution in [3.63, 3.8) is 0 Å². The third-order valence-corrected chi connectivity index (χ3v) is 5.52. The molecule has 0 saturated heterocycles. The number of nitrogens with zero attached hydrogens (tertiary/aromatic N) is 1. The van der Waals surface area contributed by atoms with E-state index in [4.69, 9.17) is 20.8 Å². The molecule has 3 aromatic rings. The van der Waals surface area contributed by atoms with E-state index in [0.717, 1.165) is 10.9 Å². The number of carbonyl (C=O) groups is 3. The molecule has 1 heterocycles. The van der Waals surface area contributed by atoms with Gasteiger partial charge in [0.05, 0.1) is 0 Å². The van der Waals surface area contributed by atoms with E-state index in [2.05, 4.69) is 0 Å². The Labute approximate surface area is 189 Å². The lowest BCUT2D eigenvalue weighted by molar-refractivity contribution is -0.133. The van der Waals surface area contributed by atoms with Crippen LogP contribution in [0.25, 0.3) is 11.0 Å². The van der Waals surface area contributed by atoms with Gasteiger partial charge >= 0.3 is 5.97 Å². The number of fused-ring (bicyclic) bond motifs is 1. The second-order valence-corrected chi connectivity index (χ2v) is 8.02. The SMILES string of the molecule is CC(=O)CCc1ccc2oc(C(=O)OCC(=O)N(C)Cc3c(F)cccc3Cl)c(C)c2c1. The Hall–Kier alpha value is -3.19. The van der Waals surface area contributed by atoms with Crippen LogP contribution in [0.3, 0.4) is 0 Å². The van der Waals surface area contributed by atoms with Gasteiger partial charge in [-0.1, -0.05) is 23.7 Å². The van der Waals surface area contributed by atoms with E-state index in [-0.39, 0.29) is 28.7 Å². The number of aryl methyl sites for hydroxylation is 2. The maximum Gasteiger partial charge on any atom is 0.375 e. The first-order valence-electron chi connectivity index (χ1n) is 10.0. The largest absolute Gasteiger partial charge is 0.450 e. The molecule has 0 N–H and O–H groups in total. The molecule has 0 radical (unpaired) electrons. The summed E-state index contributed by atoms with van der Waals surface area (Å²) in [6.45, 7) is 2.68. The maximum absolute atomic E-state index is 13.9. The Morgan fingerprint density at radius 1 is 1.19 bits per heavy atom. The van der Waals surface area contributed by atoms with E-state index < -0.39 is 24.3 Å². The van der Waals surface area contributed by atoms with Crippen LogP contribution < -0.4 is 0 Å². The number of esters is 1. The molecule has 1 amide bonds. The first-order chi connectivity index (χ1) is 15.2. The Morgan fingerprint density at radius 2 is 1.94 bits per heavy atom. The smallest absolute Gasteiger partial charge is 0.375 e. The van der Waals surface area contributed by atoms with Gasteiger partial charge in [-0.3, -0.25) is 4.79 Å². The molecule has 1 aromatic heterocycles. The minimum atomic E-state index is -0.769. The highest BCUT2D eigenvalue weighted by Gasteiger charge is 2.22. The van der Waals surface area contributed by atoms with Crippen LogP contribution in [0, 0.1) is 12.7 Å². The molecule has 32 heavy (non-hydrogen) atoms. The zero-order chi connectivity index (χ0) is 23.4. The molecule has 0 saturated carbocycles. The van der Waals surface area contributed by atoms with E-state index in [1.165, 1.54) is 30.1 Å². The monoisotopic (exact) mass is 459 g/mol. The molecule has 0 aliphatic rings. The first kappa shape index (κ1) is 23.5. The van der Waals surface area contributed by atoms with Crippen LogP contribution in [0.5, 0.6) is 0 Å². The van der Waals surface area contributed by atoms with Crippen LogP contribution in [-0.2, 0) is 27.3 Å². The lowest BCUT2D eigenvalue weighted by Crippen LogP contribution is -2.31. The third-order valence-electron chi connectivity index (χ3n) is 5.16. The molecule has 0 aliphatic carbocycles. The number of hydrogen-bond acceptors (Lipinski definition) is 5. The second-order valence-electron chi connectivity index (χ2n) is 7.61. The number of rotatable bonds is 8. The number of halogens is 2. The second kappa shape index (κ2) is 9.96. The van der Waals surface area contributed by atoms with Crippen molar-refractivity contribution in [2.24, 2.45) is 0 Å². The van der Waals surface area contributed by atoms with Gasteiger partial charge in [-0.25, -0.2) is 9.18 Å². The highest BCUT2D eigenvalue weighted by Crippen LogP contribution is 2.27. The molecule has 0 spiro atoms. The predicted octanol–water partition coefficient (Wildman–Crippen LogP) is 4.87. The molecular weight excluding hydrogens is 437 g/mol. The lowest BCUT2D eigenvalue weighted by atomic mass is 10.0. The van der Waals surface area contributed by atoms with Crippen LogP contribution in [0.1, 0.15) is 40.6 Å². The van der Waals surface area contributed by atoms with Crippen molar-refractivity contribution in [2.75, 3.05) is 13.7 Å². The number of carbonyl (C=O) groups excluding carboxylic acids is 3. The van der Waals surface area contributed by atoms with Crippen molar-refractivity contribution in [1.82, 2.24) is 4.90 Å². The summed E-state index contributed by atoms with van der Waals surface area (Å²) in [7, 11) is 1.47. The fourth-order valence-corrected chi connectivity index (χ4v) is 3.47.